The average molecular weight is 317 g/mol. The molecule has 1 atom stereocenters. The Balaban J connectivity index is 1.50. The number of carbonyl (C=O) groups is 2. The minimum Gasteiger partial charge on any atom is -0.474 e. The molecule has 2 aliphatic heterocycles. The molecule has 23 heavy (non-hydrogen) atoms. The number of piperidine rings is 1. The monoisotopic (exact) mass is 317 g/mol. The van der Waals surface area contributed by atoms with E-state index in [4.69, 9.17) is 4.74 Å². The van der Waals surface area contributed by atoms with Crippen LogP contribution in [0.4, 0.5) is 0 Å². The molecular weight excluding hydrogens is 294 g/mol. The van der Waals surface area contributed by atoms with Gasteiger partial charge in [0.1, 0.15) is 6.10 Å². The summed E-state index contributed by atoms with van der Waals surface area (Å²) in [6.07, 6.45) is 2.05. The van der Waals surface area contributed by atoms with Gasteiger partial charge < -0.3 is 14.5 Å². The van der Waals surface area contributed by atoms with E-state index in [2.05, 4.69) is 4.98 Å². The van der Waals surface area contributed by atoms with Crippen molar-refractivity contribution in [2.24, 2.45) is 5.92 Å². The smallest absolute Gasteiger partial charge is 0.227 e. The first kappa shape index (κ1) is 15.8. The van der Waals surface area contributed by atoms with Gasteiger partial charge in [-0.25, -0.2) is 4.98 Å². The van der Waals surface area contributed by atoms with Gasteiger partial charge in [0.2, 0.25) is 17.7 Å². The lowest BCUT2D eigenvalue weighted by Gasteiger charge is -2.33. The third-order valence-electron chi connectivity index (χ3n) is 4.59. The standard InChI is InChI=1S/C17H23N3O3/c1-12-4-3-5-15(18-12)23-14-6-8-20(9-7-14)17(22)13-10-16(21)19(2)11-13/h3-5,13-14H,6-11H2,1-2H3/t13-/m0/s1. The maximum Gasteiger partial charge on any atom is 0.227 e. The van der Waals surface area contributed by atoms with Gasteiger partial charge in [0.05, 0.1) is 5.92 Å². The molecule has 6 nitrogen and oxygen atoms in total. The minimum absolute atomic E-state index is 0.0621. The molecule has 0 saturated carbocycles. The second-order valence-corrected chi connectivity index (χ2v) is 6.44. The summed E-state index contributed by atoms with van der Waals surface area (Å²) >= 11 is 0. The van der Waals surface area contributed by atoms with Crippen LogP contribution in [0.1, 0.15) is 25.0 Å². The minimum atomic E-state index is -0.177. The van der Waals surface area contributed by atoms with Gasteiger partial charge in [0.25, 0.3) is 0 Å². The molecule has 1 aromatic heterocycles. The van der Waals surface area contributed by atoms with Crippen molar-refractivity contribution in [1.82, 2.24) is 14.8 Å². The quantitative estimate of drug-likeness (QED) is 0.841. The molecular formula is C17H23N3O3. The molecule has 0 bridgehead atoms. The number of carbonyl (C=O) groups excluding carboxylic acids is 2. The van der Waals surface area contributed by atoms with Gasteiger partial charge in [-0.15, -0.1) is 0 Å². The van der Waals surface area contributed by atoms with Crippen LogP contribution < -0.4 is 4.74 Å². The van der Waals surface area contributed by atoms with Crippen LogP contribution in [0.3, 0.4) is 0 Å². The highest BCUT2D eigenvalue weighted by atomic mass is 16.5. The number of ether oxygens (including phenoxy) is 1. The van der Waals surface area contributed by atoms with Crippen molar-refractivity contribution >= 4 is 11.8 Å². The maximum atomic E-state index is 12.5. The van der Waals surface area contributed by atoms with Crippen molar-refractivity contribution in [2.75, 3.05) is 26.7 Å². The first-order chi connectivity index (χ1) is 11.0. The Labute approximate surface area is 136 Å². The Morgan fingerprint density at radius 2 is 2.04 bits per heavy atom. The second kappa shape index (κ2) is 6.56. The molecule has 0 aromatic carbocycles. The number of rotatable bonds is 3. The van der Waals surface area contributed by atoms with E-state index in [1.807, 2.05) is 30.0 Å². The van der Waals surface area contributed by atoms with Crippen LogP contribution >= 0.6 is 0 Å². The zero-order chi connectivity index (χ0) is 16.4. The lowest BCUT2D eigenvalue weighted by atomic mass is 10.0. The summed E-state index contributed by atoms with van der Waals surface area (Å²) in [5, 5.41) is 0. The third-order valence-corrected chi connectivity index (χ3v) is 4.59. The summed E-state index contributed by atoms with van der Waals surface area (Å²) in [6.45, 7) is 3.85. The van der Waals surface area contributed by atoms with Gasteiger partial charge >= 0.3 is 0 Å². The van der Waals surface area contributed by atoms with Gasteiger partial charge in [-0.1, -0.05) is 6.07 Å². The van der Waals surface area contributed by atoms with E-state index in [9.17, 15) is 9.59 Å². The van der Waals surface area contributed by atoms with Gasteiger partial charge in [0, 0.05) is 57.7 Å². The van der Waals surface area contributed by atoms with Crippen molar-refractivity contribution < 1.29 is 14.3 Å². The van der Waals surface area contributed by atoms with Crippen LogP contribution in [0.15, 0.2) is 18.2 Å². The summed E-state index contributed by atoms with van der Waals surface area (Å²) in [5.41, 5.74) is 0.935. The van der Waals surface area contributed by atoms with E-state index in [1.165, 1.54) is 0 Å². The summed E-state index contributed by atoms with van der Waals surface area (Å²) < 4.78 is 5.91. The first-order valence-corrected chi connectivity index (χ1v) is 8.16. The van der Waals surface area contributed by atoms with E-state index in [-0.39, 0.29) is 23.8 Å². The third kappa shape index (κ3) is 3.63. The zero-order valence-corrected chi connectivity index (χ0v) is 13.7. The van der Waals surface area contributed by atoms with E-state index in [1.54, 1.807) is 11.9 Å². The molecule has 2 saturated heterocycles. The number of nitrogens with zero attached hydrogens (tertiary/aromatic N) is 3. The highest BCUT2D eigenvalue weighted by molar-refractivity contribution is 5.89. The Morgan fingerprint density at radius 3 is 2.65 bits per heavy atom. The van der Waals surface area contributed by atoms with E-state index < -0.39 is 0 Å². The Morgan fingerprint density at radius 1 is 1.30 bits per heavy atom. The summed E-state index contributed by atoms with van der Waals surface area (Å²) in [7, 11) is 1.75. The normalized spacial score (nSPS) is 22.5. The number of pyridine rings is 1. The van der Waals surface area contributed by atoms with Crippen LogP contribution in [0.25, 0.3) is 0 Å². The molecule has 0 spiro atoms. The fraction of sp³-hybridized carbons (Fsp3) is 0.588. The highest BCUT2D eigenvalue weighted by Gasteiger charge is 2.36. The Bertz CT molecular complexity index is 597. The van der Waals surface area contributed by atoms with Crippen LogP contribution in [0.5, 0.6) is 5.88 Å². The zero-order valence-electron chi connectivity index (χ0n) is 13.7. The van der Waals surface area contributed by atoms with E-state index in [0.29, 0.717) is 31.9 Å². The van der Waals surface area contributed by atoms with E-state index in [0.717, 1.165) is 18.5 Å². The number of aryl methyl sites for hydroxylation is 1. The first-order valence-electron chi connectivity index (χ1n) is 8.16. The van der Waals surface area contributed by atoms with Crippen molar-refractivity contribution in [3.8, 4) is 5.88 Å². The van der Waals surface area contributed by atoms with Crippen molar-refractivity contribution in [2.45, 2.75) is 32.3 Å². The van der Waals surface area contributed by atoms with Crippen LogP contribution in [-0.2, 0) is 9.59 Å². The molecule has 0 N–H and O–H groups in total. The van der Waals surface area contributed by atoms with Gasteiger partial charge in [-0.05, 0) is 13.0 Å². The predicted molar refractivity (Wildman–Crippen MR) is 84.9 cm³/mol. The average Bonchev–Trinajstić information content (AvgIpc) is 2.87. The van der Waals surface area contributed by atoms with Gasteiger partial charge in [-0.3, -0.25) is 9.59 Å². The number of hydrogen-bond donors (Lipinski definition) is 0. The maximum absolute atomic E-state index is 12.5. The molecule has 3 heterocycles. The molecule has 0 aliphatic carbocycles. The molecule has 2 amide bonds. The predicted octanol–water partition coefficient (Wildman–Crippen LogP) is 1.24. The molecule has 0 unspecified atom stereocenters. The largest absolute Gasteiger partial charge is 0.474 e. The topological polar surface area (TPSA) is 62.7 Å². The molecule has 3 rings (SSSR count). The van der Waals surface area contributed by atoms with Crippen LogP contribution in [0.2, 0.25) is 0 Å². The lowest BCUT2D eigenvalue weighted by molar-refractivity contribution is -0.137. The Kier molecular flexibility index (Phi) is 4.50. The Hall–Kier alpha value is -2.11. The SMILES string of the molecule is Cc1cccc(OC2CCN(C(=O)[C@H]3CC(=O)N(C)C3)CC2)n1. The molecule has 1 aromatic rings. The summed E-state index contributed by atoms with van der Waals surface area (Å²) in [4.78, 5) is 31.9. The highest BCUT2D eigenvalue weighted by Crippen LogP contribution is 2.22. The fourth-order valence-corrected chi connectivity index (χ4v) is 3.24. The second-order valence-electron chi connectivity index (χ2n) is 6.44. The number of aromatic nitrogens is 1. The molecule has 2 fully saturated rings. The van der Waals surface area contributed by atoms with Crippen LogP contribution in [-0.4, -0.2) is 59.4 Å². The van der Waals surface area contributed by atoms with Crippen molar-refractivity contribution in [3.63, 3.8) is 0 Å². The van der Waals surface area contributed by atoms with E-state index >= 15 is 0 Å². The molecule has 0 radical (unpaired) electrons. The van der Waals surface area contributed by atoms with Gasteiger partial charge in [-0.2, -0.15) is 0 Å². The number of hydrogen-bond acceptors (Lipinski definition) is 4. The molecule has 6 heteroatoms. The molecule has 124 valence electrons. The number of likely N-dealkylation sites (tertiary alicyclic amines) is 2. The fourth-order valence-electron chi connectivity index (χ4n) is 3.24. The van der Waals surface area contributed by atoms with Gasteiger partial charge in [0.15, 0.2) is 0 Å². The van der Waals surface area contributed by atoms with Crippen molar-refractivity contribution in [1.29, 1.82) is 0 Å². The molecule has 2 aliphatic rings. The number of amides is 2. The van der Waals surface area contributed by atoms with Crippen LogP contribution in [0, 0.1) is 12.8 Å². The summed E-state index contributed by atoms with van der Waals surface area (Å²) in [6, 6.07) is 5.74. The van der Waals surface area contributed by atoms with Crippen molar-refractivity contribution in [3.05, 3.63) is 23.9 Å². The lowest BCUT2D eigenvalue weighted by Crippen LogP contribution is -2.44. The summed E-state index contributed by atoms with van der Waals surface area (Å²) in [5.74, 6) is 0.642.